The Hall–Kier alpha value is -3.35. The summed E-state index contributed by atoms with van der Waals surface area (Å²) in [4.78, 5) is 36.6. The van der Waals surface area contributed by atoms with Gasteiger partial charge in [0.2, 0.25) is 5.91 Å². The van der Waals surface area contributed by atoms with Gasteiger partial charge in [-0.3, -0.25) is 14.4 Å². The Morgan fingerprint density at radius 3 is 2.23 bits per heavy atom. The summed E-state index contributed by atoms with van der Waals surface area (Å²) in [6.07, 6.45) is 0. The zero-order chi connectivity index (χ0) is 19.1. The van der Waals surface area contributed by atoms with E-state index >= 15 is 0 Å². The molecule has 2 N–H and O–H groups in total. The highest BCUT2D eigenvalue weighted by atomic mass is 16.5. The molecule has 0 heterocycles. The van der Waals surface area contributed by atoms with E-state index in [1.807, 2.05) is 0 Å². The third-order valence-electron chi connectivity index (χ3n) is 3.38. The molecule has 0 aliphatic heterocycles. The Kier molecular flexibility index (Phi) is 6.32. The molecule has 0 aliphatic rings. The second-order valence-corrected chi connectivity index (χ2v) is 5.79. The molecule has 0 spiro atoms. The molecule has 2 rings (SSSR count). The quantitative estimate of drug-likeness (QED) is 0.833. The molecule has 0 radical (unpaired) electrons. The van der Waals surface area contributed by atoms with E-state index in [1.165, 1.54) is 11.8 Å². The maximum absolute atomic E-state index is 12.0. The lowest BCUT2D eigenvalue weighted by molar-refractivity contribution is -0.118. The largest absolute Gasteiger partial charge is 0.482 e. The first kappa shape index (κ1) is 19.0. The topological polar surface area (TPSA) is 87.7 Å². The lowest BCUT2D eigenvalue weighted by atomic mass is 10.2. The SMILES string of the molecule is CC(=O)Nc1ccccc1OCC(=O)Nc1ccc(C(=O)N(C)C)cc1. The molecule has 0 aromatic heterocycles. The number of nitrogens with zero attached hydrogens (tertiary/aromatic N) is 1. The number of nitrogens with one attached hydrogen (secondary N) is 2. The lowest BCUT2D eigenvalue weighted by Crippen LogP contribution is -2.22. The van der Waals surface area contributed by atoms with Crippen LogP contribution in [-0.4, -0.2) is 43.3 Å². The molecule has 2 aromatic carbocycles. The van der Waals surface area contributed by atoms with E-state index < -0.39 is 0 Å². The van der Waals surface area contributed by atoms with Crippen molar-refractivity contribution in [1.82, 2.24) is 4.90 Å². The molecule has 0 aliphatic carbocycles. The highest BCUT2D eigenvalue weighted by molar-refractivity contribution is 5.96. The summed E-state index contributed by atoms with van der Waals surface area (Å²) in [6.45, 7) is 1.18. The molecule has 0 saturated heterocycles. The van der Waals surface area contributed by atoms with Gasteiger partial charge in [-0.25, -0.2) is 0 Å². The first-order valence-corrected chi connectivity index (χ1v) is 7.98. The molecule has 0 unspecified atom stereocenters. The smallest absolute Gasteiger partial charge is 0.262 e. The van der Waals surface area contributed by atoms with E-state index in [4.69, 9.17) is 4.74 Å². The molecule has 0 fully saturated rings. The van der Waals surface area contributed by atoms with Crippen LogP contribution < -0.4 is 15.4 Å². The van der Waals surface area contributed by atoms with Crippen molar-refractivity contribution in [3.63, 3.8) is 0 Å². The van der Waals surface area contributed by atoms with E-state index in [-0.39, 0.29) is 24.3 Å². The molecule has 0 atom stereocenters. The average molecular weight is 355 g/mol. The van der Waals surface area contributed by atoms with E-state index in [0.29, 0.717) is 22.7 Å². The van der Waals surface area contributed by atoms with E-state index in [9.17, 15) is 14.4 Å². The Labute approximate surface area is 152 Å². The predicted molar refractivity (Wildman–Crippen MR) is 99.3 cm³/mol. The fraction of sp³-hybridized carbons (Fsp3) is 0.211. The standard InChI is InChI=1S/C19H21N3O4/c1-13(23)20-16-6-4-5-7-17(16)26-12-18(24)21-15-10-8-14(9-11-15)19(25)22(2)3/h4-11H,12H2,1-3H3,(H,20,23)(H,21,24). The highest BCUT2D eigenvalue weighted by Gasteiger charge is 2.10. The molecule has 0 bridgehead atoms. The molecule has 7 nitrogen and oxygen atoms in total. The van der Waals surface area contributed by atoms with Crippen LogP contribution >= 0.6 is 0 Å². The van der Waals surface area contributed by atoms with Gasteiger partial charge in [-0.2, -0.15) is 0 Å². The molecule has 0 saturated carbocycles. The van der Waals surface area contributed by atoms with Crippen LogP contribution in [0.25, 0.3) is 0 Å². The Bertz CT molecular complexity index is 801. The number of ether oxygens (including phenoxy) is 1. The van der Waals surface area contributed by atoms with Crippen LogP contribution in [0.3, 0.4) is 0 Å². The van der Waals surface area contributed by atoms with Crippen LogP contribution in [0.4, 0.5) is 11.4 Å². The molecule has 3 amide bonds. The zero-order valence-electron chi connectivity index (χ0n) is 14.9. The van der Waals surface area contributed by atoms with Crippen molar-refractivity contribution in [3.8, 4) is 5.75 Å². The lowest BCUT2D eigenvalue weighted by Gasteiger charge is -2.12. The second-order valence-electron chi connectivity index (χ2n) is 5.79. The van der Waals surface area contributed by atoms with Crippen molar-refractivity contribution in [3.05, 3.63) is 54.1 Å². The summed E-state index contributed by atoms with van der Waals surface area (Å²) in [6, 6.07) is 13.5. The molecule has 2 aromatic rings. The van der Waals surface area contributed by atoms with Crippen LogP contribution in [0.15, 0.2) is 48.5 Å². The minimum Gasteiger partial charge on any atom is -0.482 e. The molecule has 7 heteroatoms. The zero-order valence-corrected chi connectivity index (χ0v) is 14.9. The van der Waals surface area contributed by atoms with Gasteiger partial charge < -0.3 is 20.3 Å². The van der Waals surface area contributed by atoms with Gasteiger partial charge >= 0.3 is 0 Å². The average Bonchev–Trinajstić information content (AvgIpc) is 2.60. The fourth-order valence-corrected chi connectivity index (χ4v) is 2.18. The van der Waals surface area contributed by atoms with Gasteiger partial charge in [0.1, 0.15) is 5.75 Å². The number of amides is 3. The Morgan fingerprint density at radius 1 is 0.962 bits per heavy atom. The highest BCUT2D eigenvalue weighted by Crippen LogP contribution is 2.23. The predicted octanol–water partition coefficient (Wildman–Crippen LogP) is 2.36. The number of hydrogen-bond acceptors (Lipinski definition) is 4. The number of carbonyl (C=O) groups is 3. The van der Waals surface area contributed by atoms with Crippen molar-refractivity contribution in [2.24, 2.45) is 0 Å². The first-order valence-electron chi connectivity index (χ1n) is 7.98. The van der Waals surface area contributed by atoms with E-state index in [2.05, 4.69) is 10.6 Å². The van der Waals surface area contributed by atoms with Crippen molar-refractivity contribution in [2.75, 3.05) is 31.3 Å². The minimum atomic E-state index is -0.352. The number of carbonyl (C=O) groups excluding carboxylic acids is 3. The maximum atomic E-state index is 12.0. The van der Waals surface area contributed by atoms with Crippen molar-refractivity contribution in [1.29, 1.82) is 0 Å². The number of anilines is 2. The summed E-state index contributed by atoms with van der Waals surface area (Å²) in [5, 5.41) is 5.33. The van der Waals surface area contributed by atoms with Crippen LogP contribution in [-0.2, 0) is 9.59 Å². The molecular weight excluding hydrogens is 334 g/mol. The van der Waals surface area contributed by atoms with Gasteiger partial charge in [-0.05, 0) is 36.4 Å². The normalized spacial score (nSPS) is 9.96. The van der Waals surface area contributed by atoms with Gasteiger partial charge in [0.25, 0.3) is 11.8 Å². The molecule has 136 valence electrons. The monoisotopic (exact) mass is 355 g/mol. The number of hydrogen-bond donors (Lipinski definition) is 2. The summed E-state index contributed by atoms with van der Waals surface area (Å²) < 4.78 is 5.48. The number of para-hydroxylation sites is 2. The van der Waals surface area contributed by atoms with Gasteiger partial charge in [0.05, 0.1) is 5.69 Å². The summed E-state index contributed by atoms with van der Waals surface area (Å²) >= 11 is 0. The minimum absolute atomic E-state index is 0.110. The summed E-state index contributed by atoms with van der Waals surface area (Å²) in [7, 11) is 3.35. The Balaban J connectivity index is 1.93. The third-order valence-corrected chi connectivity index (χ3v) is 3.38. The fourth-order valence-electron chi connectivity index (χ4n) is 2.18. The van der Waals surface area contributed by atoms with Crippen molar-refractivity contribution in [2.45, 2.75) is 6.92 Å². The van der Waals surface area contributed by atoms with Crippen LogP contribution in [0.1, 0.15) is 17.3 Å². The van der Waals surface area contributed by atoms with Gasteiger partial charge in [0, 0.05) is 32.3 Å². The van der Waals surface area contributed by atoms with E-state index in [1.54, 1.807) is 62.6 Å². The van der Waals surface area contributed by atoms with E-state index in [0.717, 1.165) is 0 Å². The number of benzene rings is 2. The maximum Gasteiger partial charge on any atom is 0.262 e. The van der Waals surface area contributed by atoms with Crippen LogP contribution in [0.5, 0.6) is 5.75 Å². The summed E-state index contributed by atoms with van der Waals surface area (Å²) in [5.74, 6) is -0.280. The summed E-state index contributed by atoms with van der Waals surface area (Å²) in [5.41, 5.74) is 1.59. The third kappa shape index (κ3) is 5.34. The van der Waals surface area contributed by atoms with Crippen LogP contribution in [0, 0.1) is 0 Å². The van der Waals surface area contributed by atoms with Crippen molar-refractivity contribution >= 4 is 29.1 Å². The van der Waals surface area contributed by atoms with Gasteiger partial charge in [-0.1, -0.05) is 12.1 Å². The molecule has 26 heavy (non-hydrogen) atoms. The van der Waals surface area contributed by atoms with Crippen LogP contribution in [0.2, 0.25) is 0 Å². The molecular formula is C19H21N3O4. The van der Waals surface area contributed by atoms with Gasteiger partial charge in [-0.15, -0.1) is 0 Å². The van der Waals surface area contributed by atoms with Gasteiger partial charge in [0.15, 0.2) is 6.61 Å². The second kappa shape index (κ2) is 8.66. The van der Waals surface area contributed by atoms with Crippen molar-refractivity contribution < 1.29 is 19.1 Å². The first-order chi connectivity index (χ1) is 12.4. The number of rotatable bonds is 6. The Morgan fingerprint density at radius 2 is 1.62 bits per heavy atom.